The van der Waals surface area contributed by atoms with Gasteiger partial charge >= 0.3 is 0 Å². The Balaban J connectivity index is 1.71. The summed E-state index contributed by atoms with van der Waals surface area (Å²) < 4.78 is -0.172. The molecule has 0 amide bonds. The van der Waals surface area contributed by atoms with Gasteiger partial charge in [0.15, 0.2) is 0 Å². The Kier molecular flexibility index (Phi) is 2.65. The van der Waals surface area contributed by atoms with Crippen LogP contribution in [0.25, 0.3) is 0 Å². The standard InChI is InChI=1S/C14H14ClNS/c15-11-2-4-12(5-3-11)17-14(10-16)8-13(9-14)6-1-7-13/h2-5H,1,6-9H2. The van der Waals surface area contributed by atoms with Crippen molar-refractivity contribution in [3.05, 3.63) is 29.3 Å². The van der Waals surface area contributed by atoms with E-state index in [1.165, 1.54) is 19.3 Å². The number of halogens is 1. The van der Waals surface area contributed by atoms with Gasteiger partial charge in [0, 0.05) is 9.92 Å². The Bertz CT molecular complexity index is 462. The van der Waals surface area contributed by atoms with Gasteiger partial charge in [0.2, 0.25) is 0 Å². The summed E-state index contributed by atoms with van der Waals surface area (Å²) in [5.74, 6) is 0. The predicted octanol–water partition coefficient (Wildman–Crippen LogP) is 4.66. The van der Waals surface area contributed by atoms with E-state index in [0.717, 1.165) is 22.8 Å². The largest absolute Gasteiger partial charge is 0.197 e. The van der Waals surface area contributed by atoms with Gasteiger partial charge < -0.3 is 0 Å². The summed E-state index contributed by atoms with van der Waals surface area (Å²) in [6, 6.07) is 10.3. The first kappa shape index (κ1) is 11.4. The molecule has 2 aliphatic rings. The van der Waals surface area contributed by atoms with Gasteiger partial charge in [-0.25, -0.2) is 0 Å². The van der Waals surface area contributed by atoms with Crippen molar-refractivity contribution in [2.24, 2.45) is 5.41 Å². The molecule has 2 aliphatic carbocycles. The van der Waals surface area contributed by atoms with Crippen LogP contribution >= 0.6 is 23.4 Å². The molecule has 1 nitrogen and oxygen atoms in total. The van der Waals surface area contributed by atoms with Crippen molar-refractivity contribution >= 4 is 23.4 Å². The van der Waals surface area contributed by atoms with Crippen LogP contribution in [0.4, 0.5) is 0 Å². The number of hydrogen-bond donors (Lipinski definition) is 0. The van der Waals surface area contributed by atoms with E-state index in [1.807, 2.05) is 24.3 Å². The number of hydrogen-bond acceptors (Lipinski definition) is 2. The number of nitriles is 1. The monoisotopic (exact) mass is 263 g/mol. The lowest BCUT2D eigenvalue weighted by Gasteiger charge is -2.57. The molecular formula is C14H14ClNS. The Morgan fingerprint density at radius 2 is 1.82 bits per heavy atom. The molecule has 0 aromatic heterocycles. The van der Waals surface area contributed by atoms with Crippen LogP contribution in [-0.4, -0.2) is 4.75 Å². The van der Waals surface area contributed by atoms with Crippen LogP contribution in [0.3, 0.4) is 0 Å². The molecule has 0 atom stereocenters. The van der Waals surface area contributed by atoms with Gasteiger partial charge in [0.1, 0.15) is 4.75 Å². The van der Waals surface area contributed by atoms with E-state index in [9.17, 15) is 5.26 Å². The van der Waals surface area contributed by atoms with Crippen LogP contribution in [0.1, 0.15) is 32.1 Å². The summed E-state index contributed by atoms with van der Waals surface area (Å²) in [5, 5.41) is 10.2. The van der Waals surface area contributed by atoms with E-state index in [2.05, 4.69) is 6.07 Å². The zero-order valence-electron chi connectivity index (χ0n) is 9.58. The van der Waals surface area contributed by atoms with Crippen LogP contribution in [0.15, 0.2) is 29.2 Å². The fraction of sp³-hybridized carbons (Fsp3) is 0.500. The lowest BCUT2D eigenvalue weighted by molar-refractivity contribution is 0.0152. The second kappa shape index (κ2) is 3.93. The molecule has 0 N–H and O–H groups in total. The zero-order chi connectivity index (χ0) is 11.9. The van der Waals surface area contributed by atoms with E-state index < -0.39 is 0 Å². The molecule has 0 heterocycles. The fourth-order valence-electron chi connectivity index (χ4n) is 3.09. The Morgan fingerprint density at radius 3 is 2.29 bits per heavy atom. The maximum Gasteiger partial charge on any atom is 0.108 e. The number of rotatable bonds is 2. The van der Waals surface area contributed by atoms with E-state index >= 15 is 0 Å². The van der Waals surface area contributed by atoms with Gasteiger partial charge in [-0.2, -0.15) is 5.26 Å². The van der Waals surface area contributed by atoms with Gasteiger partial charge in [-0.1, -0.05) is 18.0 Å². The third-order valence-electron chi connectivity index (χ3n) is 4.07. The molecule has 3 heteroatoms. The normalized spacial score (nSPS) is 23.5. The lowest BCUT2D eigenvalue weighted by atomic mass is 9.52. The summed E-state index contributed by atoms with van der Waals surface area (Å²) in [4.78, 5) is 1.16. The number of thioether (sulfide) groups is 1. The summed E-state index contributed by atoms with van der Waals surface area (Å²) in [5.41, 5.74) is 0.537. The van der Waals surface area contributed by atoms with E-state index in [4.69, 9.17) is 11.6 Å². The van der Waals surface area contributed by atoms with Gasteiger partial charge in [-0.3, -0.25) is 0 Å². The molecule has 0 radical (unpaired) electrons. The van der Waals surface area contributed by atoms with Gasteiger partial charge in [-0.05, 0) is 55.4 Å². The van der Waals surface area contributed by atoms with Crippen LogP contribution < -0.4 is 0 Å². The maximum absolute atomic E-state index is 9.41. The molecule has 1 spiro atoms. The molecule has 0 unspecified atom stereocenters. The average Bonchev–Trinajstić information content (AvgIpc) is 2.23. The first-order chi connectivity index (χ1) is 8.15. The summed E-state index contributed by atoms with van der Waals surface area (Å²) in [7, 11) is 0. The highest BCUT2D eigenvalue weighted by molar-refractivity contribution is 8.01. The van der Waals surface area contributed by atoms with Crippen molar-refractivity contribution in [2.75, 3.05) is 0 Å². The predicted molar refractivity (Wildman–Crippen MR) is 71.2 cm³/mol. The highest BCUT2D eigenvalue weighted by Gasteiger charge is 2.58. The summed E-state index contributed by atoms with van der Waals surface area (Å²) >= 11 is 7.59. The second-order valence-corrected chi connectivity index (χ2v) is 7.26. The Hall–Kier alpha value is -0.650. The fourth-order valence-corrected chi connectivity index (χ4v) is 4.74. The first-order valence-corrected chi connectivity index (χ1v) is 7.21. The molecule has 1 aromatic rings. The minimum atomic E-state index is -0.172. The molecule has 0 bridgehead atoms. The first-order valence-electron chi connectivity index (χ1n) is 6.01. The van der Waals surface area contributed by atoms with E-state index in [1.54, 1.807) is 11.8 Å². The van der Waals surface area contributed by atoms with Crippen LogP contribution in [0.2, 0.25) is 5.02 Å². The molecule has 0 saturated heterocycles. The Labute approximate surface area is 111 Å². The summed E-state index contributed by atoms with van der Waals surface area (Å²) in [6.45, 7) is 0. The van der Waals surface area contributed by atoms with Crippen LogP contribution in [0, 0.1) is 16.7 Å². The molecule has 2 saturated carbocycles. The molecule has 88 valence electrons. The van der Waals surface area contributed by atoms with Gasteiger partial charge in [-0.15, -0.1) is 11.8 Å². The summed E-state index contributed by atoms with van der Waals surface area (Å²) in [6.07, 6.45) is 6.16. The number of benzene rings is 1. The van der Waals surface area contributed by atoms with Crippen molar-refractivity contribution < 1.29 is 0 Å². The molecule has 0 aliphatic heterocycles. The maximum atomic E-state index is 9.41. The average molecular weight is 264 g/mol. The SMILES string of the molecule is N#CC1(Sc2ccc(Cl)cc2)CC2(CCC2)C1. The van der Waals surface area contributed by atoms with E-state index in [0.29, 0.717) is 5.41 Å². The van der Waals surface area contributed by atoms with Crippen molar-refractivity contribution in [1.29, 1.82) is 5.26 Å². The van der Waals surface area contributed by atoms with E-state index in [-0.39, 0.29) is 4.75 Å². The van der Waals surface area contributed by atoms with Gasteiger partial charge in [0.05, 0.1) is 6.07 Å². The van der Waals surface area contributed by atoms with Crippen molar-refractivity contribution in [1.82, 2.24) is 0 Å². The third kappa shape index (κ3) is 1.96. The van der Waals surface area contributed by atoms with Crippen molar-refractivity contribution in [3.63, 3.8) is 0 Å². The highest BCUT2D eigenvalue weighted by atomic mass is 35.5. The van der Waals surface area contributed by atoms with Crippen LogP contribution in [-0.2, 0) is 0 Å². The smallest absolute Gasteiger partial charge is 0.108 e. The minimum Gasteiger partial charge on any atom is -0.197 e. The topological polar surface area (TPSA) is 23.8 Å². The molecule has 1 aromatic carbocycles. The second-order valence-electron chi connectivity index (χ2n) is 5.37. The highest BCUT2D eigenvalue weighted by Crippen LogP contribution is 2.65. The Morgan fingerprint density at radius 1 is 1.18 bits per heavy atom. The lowest BCUT2D eigenvalue weighted by Crippen LogP contribution is -2.52. The quantitative estimate of drug-likeness (QED) is 0.775. The van der Waals surface area contributed by atoms with Gasteiger partial charge in [0.25, 0.3) is 0 Å². The molecule has 2 fully saturated rings. The minimum absolute atomic E-state index is 0.172. The van der Waals surface area contributed by atoms with Crippen molar-refractivity contribution in [3.8, 4) is 6.07 Å². The molecule has 3 rings (SSSR count). The third-order valence-corrected chi connectivity index (χ3v) is 5.60. The molecular weight excluding hydrogens is 250 g/mol. The van der Waals surface area contributed by atoms with Crippen molar-refractivity contribution in [2.45, 2.75) is 41.7 Å². The van der Waals surface area contributed by atoms with Crippen LogP contribution in [0.5, 0.6) is 0 Å². The number of nitrogens with zero attached hydrogens (tertiary/aromatic N) is 1. The molecule has 17 heavy (non-hydrogen) atoms. The zero-order valence-corrected chi connectivity index (χ0v) is 11.2.